The molecule has 0 aromatic heterocycles. The highest BCUT2D eigenvalue weighted by Crippen LogP contribution is 2.23. The lowest BCUT2D eigenvalue weighted by Crippen LogP contribution is -2.54. The van der Waals surface area contributed by atoms with Crippen molar-refractivity contribution in [3.05, 3.63) is 24.3 Å². The van der Waals surface area contributed by atoms with Gasteiger partial charge in [0.1, 0.15) is 5.75 Å². The normalized spacial score (nSPS) is 16.6. The Morgan fingerprint density at radius 1 is 1.19 bits per heavy atom. The molecule has 0 radical (unpaired) electrons. The monoisotopic (exact) mass is 490 g/mol. The number of nitrogens with one attached hydrogen (secondary N) is 1. The van der Waals surface area contributed by atoms with E-state index in [1.54, 1.807) is 14.2 Å². The fraction of sp³-hybridized carbons (Fsp3) is 0.650. The SMILES string of the molecule is CN=C(NCC(OC)C(C)(C)C)N1CCN(c2cccc(OC)c2)CC1.I. The number of nitrogens with zero attached hydrogens (tertiary/aromatic N) is 3. The summed E-state index contributed by atoms with van der Waals surface area (Å²) < 4.78 is 11.0. The van der Waals surface area contributed by atoms with Crippen molar-refractivity contribution in [2.75, 3.05) is 58.9 Å². The molecule has 0 saturated carbocycles. The average Bonchev–Trinajstić information content (AvgIpc) is 2.64. The molecule has 1 aromatic carbocycles. The Kier molecular flexibility index (Phi) is 9.66. The van der Waals surface area contributed by atoms with Gasteiger partial charge in [0.2, 0.25) is 0 Å². The van der Waals surface area contributed by atoms with Crippen LogP contribution in [0.5, 0.6) is 5.75 Å². The van der Waals surface area contributed by atoms with E-state index in [1.807, 2.05) is 19.2 Å². The van der Waals surface area contributed by atoms with Crippen molar-refractivity contribution in [1.29, 1.82) is 0 Å². The van der Waals surface area contributed by atoms with Crippen LogP contribution >= 0.6 is 24.0 Å². The molecule has 27 heavy (non-hydrogen) atoms. The molecule has 1 aliphatic heterocycles. The van der Waals surface area contributed by atoms with E-state index in [0.717, 1.165) is 44.4 Å². The molecule has 1 unspecified atom stereocenters. The molecule has 154 valence electrons. The molecule has 0 amide bonds. The zero-order valence-corrected chi connectivity index (χ0v) is 19.8. The maximum Gasteiger partial charge on any atom is 0.193 e. The number of rotatable bonds is 5. The lowest BCUT2D eigenvalue weighted by molar-refractivity contribution is 0.0201. The molecule has 1 fully saturated rings. The highest BCUT2D eigenvalue weighted by Gasteiger charge is 2.26. The van der Waals surface area contributed by atoms with Gasteiger partial charge in [-0.25, -0.2) is 0 Å². The van der Waals surface area contributed by atoms with Crippen LogP contribution in [0.3, 0.4) is 0 Å². The van der Waals surface area contributed by atoms with Crippen molar-refractivity contribution in [3.63, 3.8) is 0 Å². The van der Waals surface area contributed by atoms with E-state index in [4.69, 9.17) is 9.47 Å². The van der Waals surface area contributed by atoms with Gasteiger partial charge in [0.15, 0.2) is 5.96 Å². The summed E-state index contributed by atoms with van der Waals surface area (Å²) in [5.74, 6) is 1.84. The predicted octanol–water partition coefficient (Wildman–Crippen LogP) is 3.07. The Morgan fingerprint density at radius 2 is 1.85 bits per heavy atom. The van der Waals surface area contributed by atoms with Crippen LogP contribution in [-0.2, 0) is 4.74 Å². The van der Waals surface area contributed by atoms with Gasteiger partial charge in [-0.1, -0.05) is 26.8 Å². The van der Waals surface area contributed by atoms with E-state index in [2.05, 4.69) is 53.0 Å². The number of halogens is 1. The van der Waals surface area contributed by atoms with E-state index in [9.17, 15) is 0 Å². The third-order valence-corrected chi connectivity index (χ3v) is 4.91. The summed E-state index contributed by atoms with van der Waals surface area (Å²) in [5, 5.41) is 3.48. The Labute approximate surface area is 181 Å². The fourth-order valence-electron chi connectivity index (χ4n) is 3.24. The Hall–Kier alpha value is -1.22. The van der Waals surface area contributed by atoms with E-state index < -0.39 is 0 Å². The van der Waals surface area contributed by atoms with Crippen LogP contribution in [0.2, 0.25) is 0 Å². The van der Waals surface area contributed by atoms with Gasteiger partial charge >= 0.3 is 0 Å². The number of guanidine groups is 1. The second-order valence-electron chi connectivity index (χ2n) is 7.69. The molecular formula is C20H35IN4O2. The largest absolute Gasteiger partial charge is 0.497 e. The van der Waals surface area contributed by atoms with Crippen LogP contribution in [0.4, 0.5) is 5.69 Å². The summed E-state index contributed by atoms with van der Waals surface area (Å²) in [7, 11) is 5.32. The van der Waals surface area contributed by atoms with Crippen LogP contribution in [0.15, 0.2) is 29.3 Å². The van der Waals surface area contributed by atoms with Crippen LogP contribution < -0.4 is 15.0 Å². The van der Waals surface area contributed by atoms with Crippen LogP contribution in [0.25, 0.3) is 0 Å². The minimum absolute atomic E-state index is 0. The minimum atomic E-state index is 0. The third kappa shape index (κ3) is 6.71. The minimum Gasteiger partial charge on any atom is -0.497 e. The number of anilines is 1. The fourth-order valence-corrected chi connectivity index (χ4v) is 3.24. The van der Waals surface area contributed by atoms with Crippen molar-refractivity contribution in [2.45, 2.75) is 26.9 Å². The molecule has 0 spiro atoms. The third-order valence-electron chi connectivity index (χ3n) is 4.91. The van der Waals surface area contributed by atoms with Gasteiger partial charge < -0.3 is 24.6 Å². The number of piperazine rings is 1. The Morgan fingerprint density at radius 3 is 2.37 bits per heavy atom. The maximum atomic E-state index is 5.64. The number of ether oxygens (including phenoxy) is 2. The molecule has 1 heterocycles. The van der Waals surface area contributed by atoms with Crippen LogP contribution in [0.1, 0.15) is 20.8 Å². The molecule has 1 aliphatic rings. The Balaban J connectivity index is 0.00000364. The molecule has 1 saturated heterocycles. The number of benzene rings is 1. The average molecular weight is 490 g/mol. The molecule has 0 aliphatic carbocycles. The first kappa shape index (κ1) is 23.8. The maximum absolute atomic E-state index is 5.64. The number of aliphatic imine (C=N–C) groups is 1. The molecule has 1 aromatic rings. The zero-order chi connectivity index (χ0) is 19.2. The van der Waals surface area contributed by atoms with Crippen molar-refractivity contribution < 1.29 is 9.47 Å². The lowest BCUT2D eigenvalue weighted by Gasteiger charge is -2.38. The van der Waals surface area contributed by atoms with Gasteiger partial charge in [-0.3, -0.25) is 4.99 Å². The molecule has 1 atom stereocenters. The topological polar surface area (TPSA) is 49.3 Å². The van der Waals surface area contributed by atoms with Gasteiger partial charge in [-0.2, -0.15) is 0 Å². The first-order valence-corrected chi connectivity index (χ1v) is 9.26. The van der Waals surface area contributed by atoms with Gasteiger partial charge in [0.05, 0.1) is 13.2 Å². The van der Waals surface area contributed by atoms with E-state index in [0.29, 0.717) is 0 Å². The van der Waals surface area contributed by atoms with Gasteiger partial charge in [-0.15, -0.1) is 24.0 Å². The first-order valence-electron chi connectivity index (χ1n) is 9.26. The summed E-state index contributed by atoms with van der Waals surface area (Å²) in [6, 6.07) is 8.25. The van der Waals surface area contributed by atoms with Crippen molar-refractivity contribution >= 4 is 35.6 Å². The number of hydrogen-bond acceptors (Lipinski definition) is 4. The summed E-state index contributed by atoms with van der Waals surface area (Å²) in [5.41, 5.74) is 1.30. The predicted molar refractivity (Wildman–Crippen MR) is 124 cm³/mol. The van der Waals surface area contributed by atoms with Gasteiger partial charge in [0.25, 0.3) is 0 Å². The number of methoxy groups -OCH3 is 2. The number of hydrogen-bond donors (Lipinski definition) is 1. The summed E-state index contributed by atoms with van der Waals surface area (Å²) in [6.45, 7) is 11.1. The van der Waals surface area contributed by atoms with Crippen LogP contribution in [0, 0.1) is 5.41 Å². The second-order valence-corrected chi connectivity index (χ2v) is 7.69. The van der Waals surface area contributed by atoms with Gasteiger partial charge in [-0.05, 0) is 17.5 Å². The molecular weight excluding hydrogens is 455 g/mol. The van der Waals surface area contributed by atoms with Crippen molar-refractivity contribution in [2.24, 2.45) is 10.4 Å². The highest BCUT2D eigenvalue weighted by atomic mass is 127. The first-order chi connectivity index (χ1) is 12.4. The van der Waals surface area contributed by atoms with Crippen molar-refractivity contribution in [3.8, 4) is 5.75 Å². The Bertz CT molecular complexity index is 596. The quantitative estimate of drug-likeness (QED) is 0.391. The highest BCUT2D eigenvalue weighted by molar-refractivity contribution is 14.0. The van der Waals surface area contributed by atoms with E-state index >= 15 is 0 Å². The second kappa shape index (κ2) is 10.9. The molecule has 2 rings (SSSR count). The summed E-state index contributed by atoms with van der Waals surface area (Å²) in [4.78, 5) is 9.16. The zero-order valence-electron chi connectivity index (χ0n) is 17.5. The smallest absolute Gasteiger partial charge is 0.193 e. The lowest BCUT2D eigenvalue weighted by atomic mass is 9.89. The molecule has 6 nitrogen and oxygen atoms in total. The molecule has 7 heteroatoms. The standard InChI is InChI=1S/C20H34N4O2.HI/c1-20(2,3)18(26-6)15-22-19(21-4)24-12-10-23(11-13-24)16-8-7-9-17(14-16)25-5;/h7-9,14,18H,10-13,15H2,1-6H3,(H,21,22);1H. The van der Waals surface area contributed by atoms with Gasteiger partial charge in [0, 0.05) is 58.6 Å². The molecule has 1 N–H and O–H groups in total. The van der Waals surface area contributed by atoms with E-state index in [1.165, 1.54) is 5.69 Å². The van der Waals surface area contributed by atoms with Crippen molar-refractivity contribution in [1.82, 2.24) is 10.2 Å². The molecule has 0 bridgehead atoms. The summed E-state index contributed by atoms with van der Waals surface area (Å²) >= 11 is 0. The van der Waals surface area contributed by atoms with Crippen LogP contribution in [-0.4, -0.2) is 71.0 Å². The summed E-state index contributed by atoms with van der Waals surface area (Å²) in [6.07, 6.45) is 0.136. The van der Waals surface area contributed by atoms with E-state index in [-0.39, 0.29) is 35.5 Å².